The van der Waals surface area contributed by atoms with Gasteiger partial charge in [-0.1, -0.05) is 12.1 Å². The molecule has 0 atom stereocenters. The van der Waals surface area contributed by atoms with Gasteiger partial charge in [0.05, 0.1) is 6.61 Å². The van der Waals surface area contributed by atoms with Crippen molar-refractivity contribution in [1.29, 1.82) is 0 Å². The number of rotatable bonds is 1. The van der Waals surface area contributed by atoms with Crippen molar-refractivity contribution in [3.8, 4) is 11.5 Å². The molecule has 68 valence electrons. The van der Waals surface area contributed by atoms with E-state index in [1.54, 1.807) is 12.1 Å². The first-order chi connectivity index (χ1) is 6.27. The van der Waals surface area contributed by atoms with Gasteiger partial charge in [-0.05, 0) is 6.07 Å². The fourth-order valence-electron chi connectivity index (χ4n) is 1.36. The van der Waals surface area contributed by atoms with E-state index in [9.17, 15) is 4.79 Å². The van der Waals surface area contributed by atoms with E-state index in [4.69, 9.17) is 9.84 Å². The summed E-state index contributed by atoms with van der Waals surface area (Å²) in [6.07, 6.45) is -0.504. The SMILES string of the molecule is O=C(O)Oc1cccc2c1OCC2. The summed E-state index contributed by atoms with van der Waals surface area (Å²) >= 11 is 0. The zero-order valence-electron chi connectivity index (χ0n) is 6.82. The smallest absolute Gasteiger partial charge is 0.489 e. The summed E-state index contributed by atoms with van der Waals surface area (Å²) in [6, 6.07) is 5.24. The Bertz CT molecular complexity index is 345. The van der Waals surface area contributed by atoms with Crippen LogP contribution < -0.4 is 9.47 Å². The first-order valence-corrected chi connectivity index (χ1v) is 3.93. The van der Waals surface area contributed by atoms with Gasteiger partial charge in [0.1, 0.15) is 0 Å². The molecule has 1 aromatic carbocycles. The molecule has 1 aliphatic heterocycles. The minimum Gasteiger partial charge on any atom is -0.489 e. The zero-order valence-corrected chi connectivity index (χ0v) is 6.82. The lowest BCUT2D eigenvalue weighted by atomic mass is 10.2. The highest BCUT2D eigenvalue weighted by Gasteiger charge is 2.18. The first-order valence-electron chi connectivity index (χ1n) is 3.93. The Balaban J connectivity index is 2.36. The number of ether oxygens (including phenoxy) is 2. The summed E-state index contributed by atoms with van der Waals surface area (Å²) in [5.74, 6) is 0.840. The first kappa shape index (κ1) is 7.91. The molecule has 0 radical (unpaired) electrons. The van der Waals surface area contributed by atoms with Gasteiger partial charge < -0.3 is 14.6 Å². The average Bonchev–Trinajstić information content (AvgIpc) is 2.51. The van der Waals surface area contributed by atoms with Crippen LogP contribution in [-0.4, -0.2) is 17.9 Å². The molecule has 0 unspecified atom stereocenters. The van der Waals surface area contributed by atoms with Crippen LogP contribution in [0.15, 0.2) is 18.2 Å². The molecule has 0 amide bonds. The molecule has 0 spiro atoms. The van der Waals surface area contributed by atoms with Crippen LogP contribution in [0.2, 0.25) is 0 Å². The highest BCUT2D eigenvalue weighted by Crippen LogP contribution is 2.35. The second-order valence-corrected chi connectivity index (χ2v) is 2.71. The molecule has 2 rings (SSSR count). The Kier molecular flexibility index (Phi) is 1.81. The molecule has 1 N–H and O–H groups in total. The standard InChI is InChI=1S/C9H8O4/c10-9(11)13-7-3-1-2-6-4-5-12-8(6)7/h1-3H,4-5H2,(H,10,11). The Morgan fingerprint density at radius 3 is 3.15 bits per heavy atom. The number of fused-ring (bicyclic) bond motifs is 1. The van der Waals surface area contributed by atoms with E-state index >= 15 is 0 Å². The van der Waals surface area contributed by atoms with Crippen molar-refractivity contribution in [3.63, 3.8) is 0 Å². The van der Waals surface area contributed by atoms with Crippen molar-refractivity contribution in [2.45, 2.75) is 6.42 Å². The predicted molar refractivity (Wildman–Crippen MR) is 44.3 cm³/mol. The van der Waals surface area contributed by atoms with Gasteiger partial charge in [-0.3, -0.25) is 0 Å². The lowest BCUT2D eigenvalue weighted by Gasteiger charge is -2.04. The fourth-order valence-corrected chi connectivity index (χ4v) is 1.36. The van der Waals surface area contributed by atoms with E-state index in [0.29, 0.717) is 12.4 Å². The van der Waals surface area contributed by atoms with Crippen LogP contribution in [-0.2, 0) is 6.42 Å². The van der Waals surface area contributed by atoms with Crippen molar-refractivity contribution in [2.24, 2.45) is 0 Å². The maximum atomic E-state index is 10.3. The molecule has 13 heavy (non-hydrogen) atoms. The van der Waals surface area contributed by atoms with Gasteiger partial charge in [0.15, 0.2) is 11.5 Å². The molecule has 1 aromatic rings. The molecule has 0 saturated heterocycles. The third-order valence-electron chi connectivity index (χ3n) is 1.88. The molecule has 0 bridgehead atoms. The lowest BCUT2D eigenvalue weighted by Crippen LogP contribution is -2.03. The third kappa shape index (κ3) is 1.42. The van der Waals surface area contributed by atoms with Crippen molar-refractivity contribution >= 4 is 6.16 Å². The number of para-hydroxylation sites is 1. The summed E-state index contributed by atoms with van der Waals surface area (Å²) in [5.41, 5.74) is 0.999. The molecule has 0 fully saturated rings. The zero-order chi connectivity index (χ0) is 9.26. The Morgan fingerprint density at radius 2 is 2.38 bits per heavy atom. The highest BCUT2D eigenvalue weighted by atomic mass is 16.7. The number of hydrogen-bond acceptors (Lipinski definition) is 3. The van der Waals surface area contributed by atoms with Gasteiger partial charge >= 0.3 is 6.16 Å². The van der Waals surface area contributed by atoms with Gasteiger partial charge in [0.25, 0.3) is 0 Å². The number of benzene rings is 1. The van der Waals surface area contributed by atoms with Crippen LogP contribution in [0.1, 0.15) is 5.56 Å². The second kappa shape index (κ2) is 2.97. The van der Waals surface area contributed by atoms with E-state index < -0.39 is 6.16 Å². The monoisotopic (exact) mass is 180 g/mol. The summed E-state index contributed by atoms with van der Waals surface area (Å²) in [4.78, 5) is 10.3. The van der Waals surface area contributed by atoms with Gasteiger partial charge in [-0.2, -0.15) is 0 Å². The van der Waals surface area contributed by atoms with Gasteiger partial charge in [-0.25, -0.2) is 4.79 Å². The minimum atomic E-state index is -1.32. The minimum absolute atomic E-state index is 0.280. The van der Waals surface area contributed by atoms with E-state index in [1.165, 1.54) is 0 Å². The Morgan fingerprint density at radius 1 is 1.54 bits per heavy atom. The molecule has 4 nitrogen and oxygen atoms in total. The highest BCUT2D eigenvalue weighted by molar-refractivity contribution is 5.64. The molecule has 4 heteroatoms. The summed E-state index contributed by atoms with van der Waals surface area (Å²) in [6.45, 7) is 0.593. The van der Waals surface area contributed by atoms with Crippen molar-refractivity contribution in [3.05, 3.63) is 23.8 Å². The van der Waals surface area contributed by atoms with Crippen LogP contribution >= 0.6 is 0 Å². The maximum Gasteiger partial charge on any atom is 0.511 e. The van der Waals surface area contributed by atoms with Gasteiger partial charge in [-0.15, -0.1) is 0 Å². The molecular weight excluding hydrogens is 172 g/mol. The van der Waals surface area contributed by atoms with Crippen LogP contribution in [0.5, 0.6) is 11.5 Å². The van der Waals surface area contributed by atoms with Crippen LogP contribution in [0, 0.1) is 0 Å². The lowest BCUT2D eigenvalue weighted by molar-refractivity contribution is 0.142. The number of carboxylic acid groups (broad SMARTS) is 1. The number of hydrogen-bond donors (Lipinski definition) is 1. The van der Waals surface area contributed by atoms with Crippen LogP contribution in [0.4, 0.5) is 4.79 Å². The van der Waals surface area contributed by atoms with Gasteiger partial charge in [0, 0.05) is 12.0 Å². The molecule has 1 heterocycles. The van der Waals surface area contributed by atoms with E-state index in [0.717, 1.165) is 12.0 Å². The van der Waals surface area contributed by atoms with Crippen LogP contribution in [0.3, 0.4) is 0 Å². The molecule has 0 aromatic heterocycles. The summed E-state index contributed by atoms with van der Waals surface area (Å²) < 4.78 is 9.79. The van der Waals surface area contributed by atoms with Crippen molar-refractivity contribution in [1.82, 2.24) is 0 Å². The second-order valence-electron chi connectivity index (χ2n) is 2.71. The average molecular weight is 180 g/mol. The molecule has 0 aliphatic carbocycles. The third-order valence-corrected chi connectivity index (χ3v) is 1.88. The maximum absolute atomic E-state index is 10.3. The summed E-state index contributed by atoms with van der Waals surface area (Å²) in [5, 5.41) is 8.42. The van der Waals surface area contributed by atoms with Crippen molar-refractivity contribution in [2.75, 3.05) is 6.61 Å². The van der Waals surface area contributed by atoms with E-state index in [2.05, 4.69) is 4.74 Å². The largest absolute Gasteiger partial charge is 0.511 e. The molecular formula is C9H8O4. The van der Waals surface area contributed by atoms with Crippen molar-refractivity contribution < 1.29 is 19.4 Å². The summed E-state index contributed by atoms with van der Waals surface area (Å²) in [7, 11) is 0. The molecule has 1 aliphatic rings. The van der Waals surface area contributed by atoms with E-state index in [1.807, 2.05) is 6.07 Å². The fraction of sp³-hybridized carbons (Fsp3) is 0.222. The Hall–Kier alpha value is -1.71. The predicted octanol–water partition coefficient (Wildman–Crippen LogP) is 1.68. The van der Waals surface area contributed by atoms with Gasteiger partial charge in [0.2, 0.25) is 0 Å². The number of carbonyl (C=O) groups is 1. The Labute approximate surface area is 74.7 Å². The normalized spacial score (nSPS) is 13.2. The molecule has 0 saturated carbocycles. The van der Waals surface area contributed by atoms with Crippen LogP contribution in [0.25, 0.3) is 0 Å². The topological polar surface area (TPSA) is 55.8 Å². The van der Waals surface area contributed by atoms with E-state index in [-0.39, 0.29) is 5.75 Å². The quantitative estimate of drug-likeness (QED) is 0.527.